The first kappa shape index (κ1) is 15.0. The number of aromatic nitrogens is 2. The summed E-state index contributed by atoms with van der Waals surface area (Å²) in [6.45, 7) is 0. The Morgan fingerprint density at radius 1 is 1.09 bits per heavy atom. The maximum Gasteiger partial charge on any atom is 0.417 e. The Kier molecular flexibility index (Phi) is 3.67. The van der Waals surface area contributed by atoms with Crippen molar-refractivity contribution in [3.05, 3.63) is 62.0 Å². The highest BCUT2D eigenvalue weighted by Crippen LogP contribution is 2.34. The Morgan fingerprint density at radius 2 is 1.82 bits per heavy atom. The largest absolute Gasteiger partial charge is 0.417 e. The van der Waals surface area contributed by atoms with E-state index in [1.807, 2.05) is 0 Å². The van der Waals surface area contributed by atoms with Gasteiger partial charge in [0, 0.05) is 9.13 Å². The third-order valence-electron chi connectivity index (χ3n) is 3.16. The number of benzene rings is 2. The van der Waals surface area contributed by atoms with Crippen LogP contribution >= 0.6 is 22.6 Å². The number of fused-ring (bicyclic) bond motifs is 1. The lowest BCUT2D eigenvalue weighted by Crippen LogP contribution is -2.10. The lowest BCUT2D eigenvalue weighted by Gasteiger charge is -2.10. The smallest absolute Gasteiger partial charge is 0.306 e. The monoisotopic (exact) mass is 416 g/mol. The Bertz CT molecular complexity index is 919. The first-order valence-electron chi connectivity index (χ1n) is 6.22. The number of nitrogens with one attached hydrogen (secondary N) is 1. The summed E-state index contributed by atoms with van der Waals surface area (Å²) >= 11 is 1.62. The van der Waals surface area contributed by atoms with Crippen LogP contribution < -0.4 is 5.56 Å². The molecule has 2 aromatic carbocycles. The fraction of sp³-hybridized carbons (Fsp3) is 0.0667. The Balaban J connectivity index is 2.16. The van der Waals surface area contributed by atoms with Crippen LogP contribution in [0.3, 0.4) is 0 Å². The second kappa shape index (κ2) is 5.38. The van der Waals surface area contributed by atoms with Gasteiger partial charge < -0.3 is 4.98 Å². The number of aromatic amines is 1. The van der Waals surface area contributed by atoms with Gasteiger partial charge in [0.25, 0.3) is 5.56 Å². The molecular weight excluding hydrogens is 408 g/mol. The van der Waals surface area contributed by atoms with Gasteiger partial charge in [-0.05, 0) is 46.9 Å². The van der Waals surface area contributed by atoms with Crippen molar-refractivity contribution in [1.29, 1.82) is 0 Å². The van der Waals surface area contributed by atoms with E-state index in [2.05, 4.69) is 9.97 Å². The highest BCUT2D eigenvalue weighted by Gasteiger charge is 2.32. The van der Waals surface area contributed by atoms with Gasteiger partial charge in [-0.25, -0.2) is 4.98 Å². The molecule has 0 radical (unpaired) electrons. The molecule has 3 aromatic rings. The maximum atomic E-state index is 12.8. The molecule has 0 unspecified atom stereocenters. The van der Waals surface area contributed by atoms with Crippen LogP contribution in [0.5, 0.6) is 0 Å². The van der Waals surface area contributed by atoms with Gasteiger partial charge in [0.1, 0.15) is 5.82 Å². The minimum Gasteiger partial charge on any atom is -0.306 e. The Labute approximate surface area is 136 Å². The van der Waals surface area contributed by atoms with Crippen molar-refractivity contribution >= 4 is 33.5 Å². The quantitative estimate of drug-likeness (QED) is 0.605. The predicted molar refractivity (Wildman–Crippen MR) is 85.5 cm³/mol. The van der Waals surface area contributed by atoms with Crippen LogP contribution in [0.4, 0.5) is 13.2 Å². The molecule has 0 aliphatic carbocycles. The highest BCUT2D eigenvalue weighted by atomic mass is 127. The molecule has 112 valence electrons. The number of rotatable bonds is 1. The van der Waals surface area contributed by atoms with Crippen LogP contribution in [0.25, 0.3) is 22.3 Å². The molecule has 0 amide bonds. The fourth-order valence-electron chi connectivity index (χ4n) is 2.12. The van der Waals surface area contributed by atoms with Crippen LogP contribution in [0.2, 0.25) is 0 Å². The molecular formula is C15H8F3IN2O. The summed E-state index contributed by atoms with van der Waals surface area (Å²) < 4.78 is 38.4. The van der Waals surface area contributed by atoms with Crippen LogP contribution in [-0.4, -0.2) is 9.97 Å². The minimum atomic E-state index is -4.40. The SMILES string of the molecule is O=c1[nH]c(-c2ccc(C(F)(F)F)c(I)c2)nc2ccccc12. The van der Waals surface area contributed by atoms with E-state index in [1.165, 1.54) is 12.1 Å². The summed E-state index contributed by atoms with van der Waals surface area (Å²) in [6, 6.07) is 10.4. The van der Waals surface area contributed by atoms with Crippen molar-refractivity contribution in [2.75, 3.05) is 0 Å². The van der Waals surface area contributed by atoms with Gasteiger partial charge in [0.05, 0.1) is 16.5 Å². The van der Waals surface area contributed by atoms with Crippen molar-refractivity contribution in [2.24, 2.45) is 0 Å². The standard InChI is InChI=1S/C15H8F3IN2O/c16-15(17,18)10-6-5-8(7-11(10)19)13-20-12-4-2-1-3-9(12)14(22)21-13/h1-7H,(H,20,21,22). The zero-order chi connectivity index (χ0) is 15.9. The molecule has 0 aliphatic rings. The van der Waals surface area contributed by atoms with Gasteiger partial charge in [-0.2, -0.15) is 13.2 Å². The molecule has 0 fully saturated rings. The molecule has 0 saturated heterocycles. The molecule has 3 nitrogen and oxygen atoms in total. The summed E-state index contributed by atoms with van der Waals surface area (Å²) in [5, 5.41) is 0.438. The number of hydrogen-bond donors (Lipinski definition) is 1. The van der Waals surface area contributed by atoms with Crippen molar-refractivity contribution in [3.8, 4) is 11.4 Å². The number of alkyl halides is 3. The highest BCUT2D eigenvalue weighted by molar-refractivity contribution is 14.1. The molecule has 22 heavy (non-hydrogen) atoms. The average molecular weight is 416 g/mol. The third kappa shape index (κ3) is 2.72. The molecule has 0 spiro atoms. The molecule has 0 atom stereocenters. The Morgan fingerprint density at radius 3 is 2.50 bits per heavy atom. The van der Waals surface area contributed by atoms with Gasteiger partial charge in [-0.1, -0.05) is 18.2 Å². The summed E-state index contributed by atoms with van der Waals surface area (Å²) in [6.07, 6.45) is -4.40. The van der Waals surface area contributed by atoms with Crippen LogP contribution in [0.1, 0.15) is 5.56 Å². The Hall–Kier alpha value is -1.90. The van der Waals surface area contributed by atoms with E-state index in [4.69, 9.17) is 0 Å². The molecule has 7 heteroatoms. The zero-order valence-electron chi connectivity index (χ0n) is 10.9. The van der Waals surface area contributed by atoms with Crippen molar-refractivity contribution in [1.82, 2.24) is 9.97 Å². The predicted octanol–water partition coefficient (Wildman–Crippen LogP) is 4.21. The van der Waals surface area contributed by atoms with Crippen LogP contribution in [0, 0.1) is 3.57 Å². The van der Waals surface area contributed by atoms with Crippen LogP contribution in [0.15, 0.2) is 47.3 Å². The average Bonchev–Trinajstić information content (AvgIpc) is 2.46. The van der Waals surface area contributed by atoms with Crippen molar-refractivity contribution in [3.63, 3.8) is 0 Å². The maximum absolute atomic E-state index is 12.8. The van der Waals surface area contributed by atoms with E-state index in [-0.39, 0.29) is 15.0 Å². The van der Waals surface area contributed by atoms with E-state index in [0.29, 0.717) is 16.5 Å². The number of nitrogens with zero attached hydrogens (tertiary/aromatic N) is 1. The van der Waals surface area contributed by atoms with Crippen molar-refractivity contribution in [2.45, 2.75) is 6.18 Å². The molecule has 0 saturated carbocycles. The summed E-state index contributed by atoms with van der Waals surface area (Å²) in [5.74, 6) is 0.246. The summed E-state index contributed by atoms with van der Waals surface area (Å²) in [5.41, 5.74) is -0.105. The summed E-state index contributed by atoms with van der Waals surface area (Å²) in [7, 11) is 0. The second-order valence-electron chi connectivity index (χ2n) is 4.62. The molecule has 0 aliphatic heterocycles. The van der Waals surface area contributed by atoms with E-state index in [0.717, 1.165) is 6.07 Å². The molecule has 3 rings (SSSR count). The van der Waals surface area contributed by atoms with E-state index >= 15 is 0 Å². The number of para-hydroxylation sites is 1. The van der Waals surface area contributed by atoms with Gasteiger partial charge >= 0.3 is 6.18 Å². The van der Waals surface area contributed by atoms with Gasteiger partial charge in [-0.3, -0.25) is 4.79 Å². The molecule has 0 bridgehead atoms. The van der Waals surface area contributed by atoms with Gasteiger partial charge in [0.15, 0.2) is 0 Å². The third-order valence-corrected chi connectivity index (χ3v) is 4.05. The second-order valence-corrected chi connectivity index (χ2v) is 5.79. The first-order chi connectivity index (χ1) is 10.4. The zero-order valence-corrected chi connectivity index (χ0v) is 13.1. The molecule has 1 aromatic heterocycles. The number of hydrogen-bond acceptors (Lipinski definition) is 2. The first-order valence-corrected chi connectivity index (χ1v) is 7.30. The molecule has 1 N–H and O–H groups in total. The fourth-order valence-corrected chi connectivity index (χ4v) is 2.94. The van der Waals surface area contributed by atoms with Gasteiger partial charge in [0.2, 0.25) is 0 Å². The van der Waals surface area contributed by atoms with E-state index in [1.54, 1.807) is 46.9 Å². The normalized spacial score (nSPS) is 11.8. The summed E-state index contributed by atoms with van der Waals surface area (Å²) in [4.78, 5) is 18.9. The van der Waals surface area contributed by atoms with E-state index < -0.39 is 11.7 Å². The van der Waals surface area contributed by atoms with Crippen LogP contribution in [-0.2, 0) is 6.18 Å². The minimum absolute atomic E-state index is 0.0541. The van der Waals surface area contributed by atoms with Gasteiger partial charge in [-0.15, -0.1) is 0 Å². The number of halogens is 4. The lowest BCUT2D eigenvalue weighted by molar-refractivity contribution is -0.138. The number of H-pyrrole nitrogens is 1. The van der Waals surface area contributed by atoms with Crippen molar-refractivity contribution < 1.29 is 13.2 Å². The van der Waals surface area contributed by atoms with E-state index in [9.17, 15) is 18.0 Å². The molecule has 1 heterocycles. The topological polar surface area (TPSA) is 45.8 Å². The lowest BCUT2D eigenvalue weighted by atomic mass is 10.1.